The number of hydrogen-bond donors (Lipinski definition) is 2. The smallest absolute Gasteiger partial charge is 0.366 e. The van der Waals surface area contributed by atoms with E-state index in [9.17, 15) is 19.5 Å². The maximum atomic E-state index is 13.3. The predicted octanol–water partition coefficient (Wildman–Crippen LogP) is 2.78. The van der Waals surface area contributed by atoms with Crippen molar-refractivity contribution < 1.29 is 14.6 Å². The van der Waals surface area contributed by atoms with Gasteiger partial charge in [0.1, 0.15) is 17.8 Å². The highest BCUT2D eigenvalue weighted by Gasteiger charge is 2.25. The van der Waals surface area contributed by atoms with Gasteiger partial charge in [0.05, 0.1) is 11.3 Å². The van der Waals surface area contributed by atoms with Gasteiger partial charge in [0, 0.05) is 36.8 Å². The van der Waals surface area contributed by atoms with E-state index in [0.717, 1.165) is 39.3 Å². The Labute approximate surface area is 237 Å². The lowest BCUT2D eigenvalue weighted by Crippen LogP contribution is -2.27. The number of aromatic amines is 1. The zero-order valence-electron chi connectivity index (χ0n) is 23.3. The molecule has 0 saturated heterocycles. The molecule has 0 bridgehead atoms. The second-order valence-corrected chi connectivity index (χ2v) is 10.2. The Bertz CT molecular complexity index is 2110. The molecule has 0 atom stereocenters. The SMILES string of the molecule is CCCn1ccc2cc(-n3c(-c4cc(C(C)C)c(O)cc4OC(=O)c4ncn5c(=O)n(C)nnc45)n[nH]c3=O)ccc21. The van der Waals surface area contributed by atoms with Crippen LogP contribution in [0.2, 0.25) is 0 Å². The van der Waals surface area contributed by atoms with Crippen LogP contribution in [0, 0.1) is 0 Å². The van der Waals surface area contributed by atoms with Gasteiger partial charge in [-0.1, -0.05) is 26.0 Å². The number of nitrogens with zero attached hydrogens (tertiary/aromatic N) is 8. The number of imidazole rings is 1. The number of rotatable bonds is 7. The average Bonchev–Trinajstić information content (AvgIpc) is 3.68. The van der Waals surface area contributed by atoms with Gasteiger partial charge in [-0.25, -0.2) is 33.4 Å². The Balaban J connectivity index is 1.48. The van der Waals surface area contributed by atoms with E-state index < -0.39 is 17.3 Å². The van der Waals surface area contributed by atoms with Crippen molar-refractivity contribution in [2.24, 2.45) is 7.05 Å². The summed E-state index contributed by atoms with van der Waals surface area (Å²) >= 11 is 0. The van der Waals surface area contributed by atoms with Crippen molar-refractivity contribution >= 4 is 22.5 Å². The van der Waals surface area contributed by atoms with Crippen molar-refractivity contribution in [3.8, 4) is 28.6 Å². The predicted molar refractivity (Wildman–Crippen MR) is 152 cm³/mol. The highest BCUT2D eigenvalue weighted by Crippen LogP contribution is 2.38. The van der Waals surface area contributed by atoms with Crippen LogP contribution in [0.15, 0.2) is 58.5 Å². The maximum absolute atomic E-state index is 13.3. The molecule has 14 heteroatoms. The molecule has 214 valence electrons. The van der Waals surface area contributed by atoms with Gasteiger partial charge in [0.15, 0.2) is 17.2 Å². The fraction of sp³-hybridized carbons (Fsp3) is 0.250. The summed E-state index contributed by atoms with van der Waals surface area (Å²) in [6.45, 7) is 6.77. The highest BCUT2D eigenvalue weighted by atomic mass is 16.5. The number of phenols is 1. The van der Waals surface area contributed by atoms with E-state index in [4.69, 9.17) is 4.74 Å². The molecule has 0 radical (unpaired) electrons. The van der Waals surface area contributed by atoms with E-state index in [1.54, 1.807) is 6.07 Å². The van der Waals surface area contributed by atoms with Gasteiger partial charge < -0.3 is 14.4 Å². The molecule has 2 N–H and O–H groups in total. The molecule has 14 nitrogen and oxygen atoms in total. The third kappa shape index (κ3) is 4.33. The number of carbonyl (C=O) groups excluding carboxylic acids is 1. The molecular formula is C28H27N9O5. The first-order chi connectivity index (χ1) is 20.2. The van der Waals surface area contributed by atoms with Crippen molar-refractivity contribution in [1.82, 2.24) is 43.7 Å². The van der Waals surface area contributed by atoms with E-state index >= 15 is 0 Å². The Kier molecular flexibility index (Phi) is 6.44. The molecule has 2 aromatic carbocycles. The van der Waals surface area contributed by atoms with Crippen LogP contribution in [-0.2, 0) is 13.6 Å². The molecule has 6 rings (SSSR count). The number of nitrogens with one attached hydrogen (secondary N) is 1. The van der Waals surface area contributed by atoms with Crippen molar-refractivity contribution in [3.63, 3.8) is 0 Å². The number of hydrogen-bond acceptors (Lipinski definition) is 9. The first-order valence-corrected chi connectivity index (χ1v) is 13.3. The third-order valence-electron chi connectivity index (χ3n) is 7.04. The summed E-state index contributed by atoms with van der Waals surface area (Å²) in [5.41, 5.74) is 1.03. The number of aromatic nitrogens is 9. The quantitative estimate of drug-likeness (QED) is 0.217. The number of H-pyrrole nitrogens is 1. The topological polar surface area (TPSA) is 167 Å². The van der Waals surface area contributed by atoms with E-state index in [1.165, 1.54) is 17.7 Å². The molecule has 0 aliphatic carbocycles. The van der Waals surface area contributed by atoms with E-state index in [-0.39, 0.29) is 40.1 Å². The van der Waals surface area contributed by atoms with E-state index in [1.807, 2.05) is 44.3 Å². The first-order valence-electron chi connectivity index (χ1n) is 13.3. The molecule has 0 saturated carbocycles. The first kappa shape index (κ1) is 26.7. The maximum Gasteiger partial charge on any atom is 0.366 e. The molecule has 4 heterocycles. The fourth-order valence-electron chi connectivity index (χ4n) is 4.96. The third-order valence-corrected chi connectivity index (χ3v) is 7.04. The van der Waals surface area contributed by atoms with Gasteiger partial charge in [0.25, 0.3) is 0 Å². The summed E-state index contributed by atoms with van der Waals surface area (Å²) in [6.07, 6.45) is 4.14. The number of ether oxygens (including phenoxy) is 1. The number of phenolic OH excluding ortho intramolecular Hbond substituents is 1. The molecule has 0 fully saturated rings. The fourth-order valence-corrected chi connectivity index (χ4v) is 4.96. The van der Waals surface area contributed by atoms with Crippen molar-refractivity contribution in [2.45, 2.75) is 39.7 Å². The molecule has 6 aromatic rings. The van der Waals surface area contributed by atoms with Crippen molar-refractivity contribution in [1.29, 1.82) is 0 Å². The summed E-state index contributed by atoms with van der Waals surface area (Å²) < 4.78 is 11.3. The minimum atomic E-state index is -0.943. The molecule has 0 amide bonds. The van der Waals surface area contributed by atoms with Crippen LogP contribution in [0.3, 0.4) is 0 Å². The van der Waals surface area contributed by atoms with Crippen LogP contribution < -0.4 is 16.1 Å². The Hall–Kier alpha value is -5.53. The van der Waals surface area contributed by atoms with E-state index in [0.29, 0.717) is 11.3 Å². The summed E-state index contributed by atoms with van der Waals surface area (Å²) in [6, 6.07) is 10.6. The summed E-state index contributed by atoms with van der Waals surface area (Å²) in [7, 11) is 1.42. The monoisotopic (exact) mass is 569 g/mol. The van der Waals surface area contributed by atoms with E-state index in [2.05, 4.69) is 37.0 Å². The number of esters is 1. The van der Waals surface area contributed by atoms with Gasteiger partial charge in [-0.05, 0) is 48.2 Å². The number of aromatic hydroxyl groups is 1. The lowest BCUT2D eigenvalue weighted by atomic mass is 9.98. The average molecular weight is 570 g/mol. The Morgan fingerprint density at radius 2 is 1.95 bits per heavy atom. The second kappa shape index (κ2) is 10.1. The van der Waals surface area contributed by atoms with Crippen LogP contribution in [0.25, 0.3) is 33.6 Å². The summed E-state index contributed by atoms with van der Waals surface area (Å²) in [4.78, 5) is 42.8. The number of benzene rings is 2. The summed E-state index contributed by atoms with van der Waals surface area (Å²) in [5, 5.41) is 26.1. The van der Waals surface area contributed by atoms with Gasteiger partial charge >= 0.3 is 17.3 Å². The van der Waals surface area contributed by atoms with Crippen LogP contribution in [-0.4, -0.2) is 54.8 Å². The largest absolute Gasteiger partial charge is 0.508 e. The summed E-state index contributed by atoms with van der Waals surface area (Å²) in [5.74, 6) is -1.06. The van der Waals surface area contributed by atoms with Crippen LogP contribution in [0.1, 0.15) is 49.2 Å². The van der Waals surface area contributed by atoms with Gasteiger partial charge in [0.2, 0.25) is 0 Å². The molecule has 42 heavy (non-hydrogen) atoms. The number of carbonyl (C=O) groups is 1. The van der Waals surface area contributed by atoms with Crippen LogP contribution >= 0.6 is 0 Å². The molecule has 0 aliphatic rings. The van der Waals surface area contributed by atoms with Crippen LogP contribution in [0.5, 0.6) is 11.5 Å². The highest BCUT2D eigenvalue weighted by molar-refractivity contribution is 5.96. The Morgan fingerprint density at radius 3 is 2.71 bits per heavy atom. The zero-order valence-corrected chi connectivity index (χ0v) is 23.3. The van der Waals surface area contributed by atoms with Gasteiger partial charge in [-0.3, -0.25) is 0 Å². The van der Waals surface area contributed by atoms with Crippen LogP contribution in [0.4, 0.5) is 0 Å². The molecule has 0 unspecified atom stereocenters. The molecule has 4 aromatic heterocycles. The zero-order chi connectivity index (χ0) is 29.7. The van der Waals surface area contributed by atoms with Gasteiger partial charge in [-0.2, -0.15) is 9.78 Å². The second-order valence-electron chi connectivity index (χ2n) is 10.2. The minimum Gasteiger partial charge on any atom is -0.508 e. The lowest BCUT2D eigenvalue weighted by molar-refractivity contribution is 0.0731. The Morgan fingerprint density at radius 1 is 1.14 bits per heavy atom. The molecular weight excluding hydrogens is 542 g/mol. The number of fused-ring (bicyclic) bond motifs is 2. The minimum absolute atomic E-state index is 0.0738. The lowest BCUT2D eigenvalue weighted by Gasteiger charge is -2.16. The molecule has 0 aliphatic heterocycles. The number of aryl methyl sites for hydroxylation is 2. The standard InChI is InChI=1S/C28H27N9O5/c1-5-9-35-10-8-16-11-17(6-7-20(16)35)37-24(30-32-27(37)40)19-12-18(15(2)3)21(38)13-22(19)42-26(39)23-25-31-33-34(4)28(41)36(25)14-29-23/h6-8,10-15,38H,5,9H2,1-4H3,(H,32,40). The molecule has 0 spiro atoms. The van der Waals surface area contributed by atoms with Gasteiger partial charge in [-0.15, -0.1) is 5.10 Å². The normalized spacial score (nSPS) is 11.6. The van der Waals surface area contributed by atoms with Crippen molar-refractivity contribution in [2.75, 3.05) is 0 Å². The van der Waals surface area contributed by atoms with Crippen molar-refractivity contribution in [3.05, 3.63) is 81.1 Å².